The Morgan fingerprint density at radius 1 is 1.46 bits per heavy atom. The molecule has 0 saturated carbocycles. The van der Waals surface area contributed by atoms with Gasteiger partial charge in [0.2, 0.25) is 0 Å². The summed E-state index contributed by atoms with van der Waals surface area (Å²) in [7, 11) is 0. The molecule has 0 spiro atoms. The Hall–Kier alpha value is -0.960. The quantitative estimate of drug-likeness (QED) is 0.740. The van der Waals surface area contributed by atoms with E-state index in [1.54, 1.807) is 11.8 Å². The summed E-state index contributed by atoms with van der Waals surface area (Å²) < 4.78 is 0. The van der Waals surface area contributed by atoms with Gasteiger partial charge in [-0.3, -0.25) is 4.99 Å². The third-order valence-corrected chi connectivity index (χ3v) is 2.89. The van der Waals surface area contributed by atoms with Crippen molar-refractivity contribution in [3.63, 3.8) is 0 Å². The molecular weight excluding hydrogens is 180 g/mol. The van der Waals surface area contributed by atoms with Crippen molar-refractivity contribution in [3.8, 4) is 0 Å². The number of rotatable bonds is 1. The van der Waals surface area contributed by atoms with Gasteiger partial charge in [0.1, 0.15) is 0 Å². The van der Waals surface area contributed by atoms with Crippen molar-refractivity contribution in [2.75, 3.05) is 11.9 Å². The summed E-state index contributed by atoms with van der Waals surface area (Å²) in [4.78, 5) is 4.35. The zero-order chi connectivity index (χ0) is 9.10. The van der Waals surface area contributed by atoms with Crippen LogP contribution in [-0.4, -0.2) is 11.7 Å². The topological polar surface area (TPSA) is 24.4 Å². The predicted molar refractivity (Wildman–Crippen MR) is 59.3 cm³/mol. The lowest BCUT2D eigenvalue weighted by Crippen LogP contribution is -2.14. The fourth-order valence-corrected chi connectivity index (χ4v) is 2.24. The second-order valence-electron chi connectivity index (χ2n) is 2.85. The van der Waals surface area contributed by atoms with Crippen LogP contribution in [0.4, 0.5) is 5.69 Å². The van der Waals surface area contributed by atoms with Gasteiger partial charge in [-0.2, -0.15) is 0 Å². The summed E-state index contributed by atoms with van der Waals surface area (Å²) in [5.74, 6) is 1.03. The van der Waals surface area contributed by atoms with E-state index in [-0.39, 0.29) is 0 Å². The zero-order valence-electron chi connectivity index (χ0n) is 7.58. The number of amidine groups is 1. The number of nitrogens with one attached hydrogen (secondary N) is 1. The van der Waals surface area contributed by atoms with Crippen LogP contribution >= 0.6 is 11.8 Å². The van der Waals surface area contributed by atoms with Crippen molar-refractivity contribution >= 4 is 22.6 Å². The van der Waals surface area contributed by atoms with Crippen LogP contribution in [0.3, 0.4) is 0 Å². The highest BCUT2D eigenvalue weighted by atomic mass is 32.2. The monoisotopic (exact) mass is 192 g/mol. The van der Waals surface area contributed by atoms with Crippen molar-refractivity contribution < 1.29 is 0 Å². The number of fused-ring (bicyclic) bond motifs is 1. The highest BCUT2D eigenvalue weighted by Gasteiger charge is 2.11. The molecule has 13 heavy (non-hydrogen) atoms. The molecule has 0 aromatic heterocycles. The molecule has 0 bridgehead atoms. The fraction of sp³-hybridized carbons (Fsp3) is 0.300. The molecule has 1 aromatic carbocycles. The zero-order valence-corrected chi connectivity index (χ0v) is 8.40. The fourth-order valence-electron chi connectivity index (χ4n) is 1.29. The lowest BCUT2D eigenvalue weighted by molar-refractivity contribution is 1.13. The number of anilines is 1. The van der Waals surface area contributed by atoms with E-state index in [1.165, 1.54) is 11.3 Å². The Morgan fingerprint density at radius 2 is 2.31 bits per heavy atom. The van der Waals surface area contributed by atoms with Crippen LogP contribution in [0.2, 0.25) is 0 Å². The van der Waals surface area contributed by atoms with E-state index in [0.717, 1.165) is 17.5 Å². The maximum absolute atomic E-state index is 4.35. The first-order valence-corrected chi connectivity index (χ1v) is 5.41. The molecule has 1 aliphatic heterocycles. The highest BCUT2D eigenvalue weighted by Crippen LogP contribution is 2.27. The highest BCUT2D eigenvalue weighted by molar-refractivity contribution is 8.13. The van der Waals surface area contributed by atoms with Gasteiger partial charge >= 0.3 is 0 Å². The first kappa shape index (κ1) is 8.63. The molecule has 0 aliphatic carbocycles. The summed E-state index contributed by atoms with van der Waals surface area (Å²) >= 11 is 1.77. The van der Waals surface area contributed by atoms with E-state index >= 15 is 0 Å². The third-order valence-electron chi connectivity index (χ3n) is 1.93. The van der Waals surface area contributed by atoms with Crippen molar-refractivity contribution in [1.82, 2.24) is 0 Å². The maximum Gasteiger partial charge on any atom is 0.161 e. The van der Waals surface area contributed by atoms with Gasteiger partial charge in [0.05, 0.1) is 0 Å². The number of thioether (sulfide) groups is 1. The van der Waals surface area contributed by atoms with E-state index in [2.05, 4.69) is 35.4 Å². The molecule has 0 amide bonds. The normalized spacial score (nSPS) is 18.1. The predicted octanol–water partition coefficient (Wildman–Crippen LogP) is 2.72. The van der Waals surface area contributed by atoms with E-state index in [9.17, 15) is 0 Å². The number of hydrogen-bond acceptors (Lipinski definition) is 2. The third kappa shape index (κ3) is 1.86. The summed E-state index contributed by atoms with van der Waals surface area (Å²) in [5, 5.41) is 4.35. The number of aliphatic imine (C=N–C) groups is 1. The molecule has 1 heterocycles. The average Bonchev–Trinajstić information content (AvgIpc) is 2.18. The Morgan fingerprint density at radius 3 is 3.15 bits per heavy atom. The minimum atomic E-state index is 0.845. The molecule has 68 valence electrons. The van der Waals surface area contributed by atoms with Crippen molar-refractivity contribution in [1.29, 1.82) is 0 Å². The molecular formula is C10H12N2S. The van der Waals surface area contributed by atoms with E-state index in [0.29, 0.717) is 0 Å². The van der Waals surface area contributed by atoms with Crippen LogP contribution < -0.4 is 5.32 Å². The second kappa shape index (κ2) is 3.83. The Labute approximate surface area is 82.5 Å². The largest absolute Gasteiger partial charge is 0.335 e. The maximum atomic E-state index is 4.35. The molecule has 0 unspecified atom stereocenters. The minimum Gasteiger partial charge on any atom is -0.335 e. The lowest BCUT2D eigenvalue weighted by atomic mass is 10.2. The number of nitrogens with zero attached hydrogens (tertiary/aromatic N) is 1. The van der Waals surface area contributed by atoms with Crippen LogP contribution in [-0.2, 0) is 5.75 Å². The summed E-state index contributed by atoms with van der Waals surface area (Å²) in [6.07, 6.45) is 0. The Kier molecular flexibility index (Phi) is 2.54. The molecule has 0 atom stereocenters. The van der Waals surface area contributed by atoms with Crippen LogP contribution in [0.25, 0.3) is 0 Å². The molecule has 0 radical (unpaired) electrons. The smallest absolute Gasteiger partial charge is 0.161 e. The van der Waals surface area contributed by atoms with E-state index < -0.39 is 0 Å². The molecule has 2 nitrogen and oxygen atoms in total. The number of benzene rings is 1. The second-order valence-corrected chi connectivity index (χ2v) is 3.81. The molecule has 0 saturated heterocycles. The first-order valence-electron chi connectivity index (χ1n) is 4.42. The van der Waals surface area contributed by atoms with Gasteiger partial charge in [-0.15, -0.1) is 0 Å². The van der Waals surface area contributed by atoms with Gasteiger partial charge in [-0.25, -0.2) is 0 Å². The van der Waals surface area contributed by atoms with Gasteiger partial charge in [0, 0.05) is 18.0 Å². The van der Waals surface area contributed by atoms with Gasteiger partial charge in [-0.1, -0.05) is 30.0 Å². The standard InChI is InChI=1S/C10H12N2S/c1-2-11-10-12-9-6-4-3-5-8(9)7-13-10/h3-6H,2,7H2,1H3,(H,11,12). The lowest BCUT2D eigenvalue weighted by Gasteiger charge is -2.18. The number of para-hydroxylation sites is 1. The van der Waals surface area contributed by atoms with Crippen LogP contribution in [0.5, 0.6) is 0 Å². The Bertz CT molecular complexity index is 333. The molecule has 0 fully saturated rings. The SMILES string of the molecule is CCN=C1Nc2ccccc2CS1. The van der Waals surface area contributed by atoms with Gasteiger partial charge in [0.25, 0.3) is 0 Å². The number of hydrogen-bond donors (Lipinski definition) is 1. The molecule has 3 heteroatoms. The van der Waals surface area contributed by atoms with Crippen molar-refractivity contribution in [2.45, 2.75) is 12.7 Å². The van der Waals surface area contributed by atoms with Crippen LogP contribution in [0.15, 0.2) is 29.3 Å². The average molecular weight is 192 g/mol. The first-order chi connectivity index (χ1) is 6.40. The van der Waals surface area contributed by atoms with E-state index in [1.807, 2.05) is 6.07 Å². The molecule has 1 aromatic rings. The minimum absolute atomic E-state index is 0.845. The van der Waals surface area contributed by atoms with Crippen LogP contribution in [0.1, 0.15) is 12.5 Å². The van der Waals surface area contributed by atoms with Gasteiger partial charge < -0.3 is 5.32 Å². The summed E-state index contributed by atoms with van der Waals surface area (Å²) in [6.45, 7) is 2.90. The Balaban J connectivity index is 2.24. The molecule has 1 aliphatic rings. The van der Waals surface area contributed by atoms with Crippen molar-refractivity contribution in [3.05, 3.63) is 29.8 Å². The van der Waals surface area contributed by atoms with Gasteiger partial charge in [0.15, 0.2) is 5.17 Å². The van der Waals surface area contributed by atoms with Gasteiger partial charge in [-0.05, 0) is 18.6 Å². The summed E-state index contributed by atoms with van der Waals surface area (Å²) in [5.41, 5.74) is 2.57. The molecule has 1 N–H and O–H groups in total. The molecule has 2 rings (SSSR count). The summed E-state index contributed by atoms with van der Waals surface area (Å²) in [6, 6.07) is 8.37. The van der Waals surface area contributed by atoms with Crippen LogP contribution in [0, 0.1) is 0 Å². The van der Waals surface area contributed by atoms with Crippen molar-refractivity contribution in [2.24, 2.45) is 4.99 Å². The van der Waals surface area contributed by atoms with E-state index in [4.69, 9.17) is 0 Å².